The minimum absolute atomic E-state index is 0.0657. The molecule has 4 heterocycles. The van der Waals surface area contributed by atoms with E-state index in [4.69, 9.17) is 0 Å². The third-order valence-corrected chi connectivity index (χ3v) is 4.17. The van der Waals surface area contributed by atoms with Crippen LogP contribution in [0.1, 0.15) is 16.3 Å². The van der Waals surface area contributed by atoms with Gasteiger partial charge in [-0.15, -0.1) is 0 Å². The Labute approximate surface area is 159 Å². The second kappa shape index (κ2) is 7.31. The Bertz CT molecular complexity index is 1220. The minimum atomic E-state index is -0.368. The van der Waals surface area contributed by atoms with Gasteiger partial charge in [-0.05, 0) is 30.3 Å². The molecule has 0 unspecified atom stereocenters. The molecule has 28 heavy (non-hydrogen) atoms. The van der Waals surface area contributed by atoms with E-state index in [9.17, 15) is 9.59 Å². The van der Waals surface area contributed by atoms with Gasteiger partial charge in [0, 0.05) is 25.5 Å². The van der Waals surface area contributed by atoms with Crippen molar-refractivity contribution < 1.29 is 4.79 Å². The lowest BCUT2D eigenvalue weighted by atomic mass is 10.2. The maximum Gasteiger partial charge on any atom is 0.270 e. The Morgan fingerprint density at radius 2 is 1.93 bits per heavy atom. The number of hydrogen-bond acceptors (Lipinski definition) is 7. The van der Waals surface area contributed by atoms with Crippen LogP contribution in [-0.2, 0) is 13.6 Å². The van der Waals surface area contributed by atoms with E-state index in [1.807, 2.05) is 0 Å². The van der Waals surface area contributed by atoms with Crippen LogP contribution in [0.3, 0.4) is 0 Å². The number of hydrogen-bond donors (Lipinski definition) is 1. The van der Waals surface area contributed by atoms with Gasteiger partial charge in [-0.2, -0.15) is 0 Å². The van der Waals surface area contributed by atoms with Gasteiger partial charge in [0.25, 0.3) is 11.5 Å². The van der Waals surface area contributed by atoms with E-state index in [1.165, 1.54) is 17.0 Å². The summed E-state index contributed by atoms with van der Waals surface area (Å²) in [4.78, 5) is 45.6. The van der Waals surface area contributed by atoms with Crippen LogP contribution in [0.5, 0.6) is 0 Å². The highest BCUT2D eigenvalue weighted by molar-refractivity contribution is 5.94. The van der Waals surface area contributed by atoms with Crippen molar-refractivity contribution in [2.75, 3.05) is 0 Å². The summed E-state index contributed by atoms with van der Waals surface area (Å²) in [5.74, 6) is 0.0318. The summed E-state index contributed by atoms with van der Waals surface area (Å²) in [6.45, 7) is 0.0657. The van der Waals surface area contributed by atoms with Crippen LogP contribution in [0.2, 0.25) is 0 Å². The SMILES string of the molecule is Cn1c(CNC(=O)c2ccc3ncccc3n2)nc(-c2ccncn2)cc1=O. The van der Waals surface area contributed by atoms with Crippen LogP contribution in [0, 0.1) is 0 Å². The molecule has 0 saturated heterocycles. The number of nitrogens with zero attached hydrogens (tertiary/aromatic N) is 6. The van der Waals surface area contributed by atoms with Crippen LogP contribution in [0.4, 0.5) is 0 Å². The van der Waals surface area contributed by atoms with Crippen LogP contribution >= 0.6 is 0 Å². The average molecular weight is 373 g/mol. The molecule has 4 aromatic rings. The first-order valence-electron chi connectivity index (χ1n) is 8.45. The molecule has 1 amide bonds. The quantitative estimate of drug-likeness (QED) is 0.570. The lowest BCUT2D eigenvalue weighted by molar-refractivity contribution is 0.0945. The summed E-state index contributed by atoms with van der Waals surface area (Å²) < 4.78 is 1.38. The molecule has 0 fully saturated rings. The Morgan fingerprint density at radius 3 is 2.75 bits per heavy atom. The first-order chi connectivity index (χ1) is 13.6. The van der Waals surface area contributed by atoms with Gasteiger partial charge in [0.1, 0.15) is 17.8 Å². The van der Waals surface area contributed by atoms with Gasteiger partial charge in [-0.3, -0.25) is 19.1 Å². The van der Waals surface area contributed by atoms with Crippen LogP contribution in [-0.4, -0.2) is 35.4 Å². The standard InChI is InChI=1S/C19H15N7O2/c1-26-17(25-16(9-18(26)27)13-6-8-20-11-23-13)10-22-19(28)15-5-4-12-14(24-15)3-2-7-21-12/h2-9,11H,10H2,1H3,(H,22,28). The molecular formula is C19H15N7O2. The van der Waals surface area contributed by atoms with Crippen molar-refractivity contribution in [1.29, 1.82) is 0 Å². The fraction of sp³-hybridized carbons (Fsp3) is 0.105. The van der Waals surface area contributed by atoms with E-state index < -0.39 is 0 Å². The smallest absolute Gasteiger partial charge is 0.270 e. The summed E-state index contributed by atoms with van der Waals surface area (Å²) in [7, 11) is 1.60. The highest BCUT2D eigenvalue weighted by atomic mass is 16.2. The molecule has 0 aliphatic rings. The second-order valence-corrected chi connectivity index (χ2v) is 5.97. The maximum atomic E-state index is 12.5. The first-order valence-corrected chi connectivity index (χ1v) is 8.45. The average Bonchev–Trinajstić information content (AvgIpc) is 2.74. The predicted molar refractivity (Wildman–Crippen MR) is 101 cm³/mol. The molecule has 4 rings (SSSR count). The molecule has 4 aromatic heterocycles. The van der Waals surface area contributed by atoms with Crippen molar-refractivity contribution in [1.82, 2.24) is 34.8 Å². The highest BCUT2D eigenvalue weighted by Gasteiger charge is 2.12. The van der Waals surface area contributed by atoms with Gasteiger partial charge in [0.15, 0.2) is 0 Å². The molecule has 0 radical (unpaired) electrons. The van der Waals surface area contributed by atoms with Crippen molar-refractivity contribution in [2.24, 2.45) is 7.05 Å². The summed E-state index contributed by atoms with van der Waals surface area (Å²) >= 11 is 0. The third-order valence-electron chi connectivity index (χ3n) is 4.17. The number of nitrogens with one attached hydrogen (secondary N) is 1. The van der Waals surface area contributed by atoms with Gasteiger partial charge >= 0.3 is 0 Å². The molecule has 9 nitrogen and oxygen atoms in total. The first kappa shape index (κ1) is 17.4. The molecule has 1 N–H and O–H groups in total. The van der Waals surface area contributed by atoms with Gasteiger partial charge in [-0.1, -0.05) is 0 Å². The van der Waals surface area contributed by atoms with E-state index in [1.54, 1.807) is 49.8 Å². The number of carbonyl (C=O) groups excluding carboxylic acids is 1. The normalized spacial score (nSPS) is 10.8. The second-order valence-electron chi connectivity index (χ2n) is 5.97. The zero-order valence-corrected chi connectivity index (χ0v) is 14.9. The fourth-order valence-corrected chi connectivity index (χ4v) is 2.65. The summed E-state index contributed by atoms with van der Waals surface area (Å²) in [5.41, 5.74) is 2.31. The highest BCUT2D eigenvalue weighted by Crippen LogP contribution is 2.12. The molecular weight excluding hydrogens is 358 g/mol. The molecule has 0 aromatic carbocycles. The van der Waals surface area contributed by atoms with E-state index >= 15 is 0 Å². The van der Waals surface area contributed by atoms with Crippen molar-refractivity contribution in [3.05, 3.63) is 77.0 Å². The molecule has 9 heteroatoms. The van der Waals surface area contributed by atoms with Crippen molar-refractivity contribution in [3.63, 3.8) is 0 Å². The lowest BCUT2D eigenvalue weighted by Crippen LogP contribution is -2.29. The van der Waals surface area contributed by atoms with Crippen molar-refractivity contribution in [2.45, 2.75) is 6.54 Å². The van der Waals surface area contributed by atoms with Crippen molar-refractivity contribution in [3.8, 4) is 11.4 Å². The molecule has 0 bridgehead atoms. The van der Waals surface area contributed by atoms with Gasteiger partial charge in [-0.25, -0.2) is 19.9 Å². The Hall–Kier alpha value is -4.01. The zero-order chi connectivity index (χ0) is 19.5. The van der Waals surface area contributed by atoms with Gasteiger partial charge in [0.2, 0.25) is 0 Å². The minimum Gasteiger partial charge on any atom is -0.343 e. The number of fused-ring (bicyclic) bond motifs is 1. The maximum absolute atomic E-state index is 12.5. The number of rotatable bonds is 4. The number of carbonyl (C=O) groups is 1. The Balaban J connectivity index is 1.57. The van der Waals surface area contributed by atoms with Gasteiger partial charge < -0.3 is 5.32 Å². The zero-order valence-electron chi connectivity index (χ0n) is 14.9. The monoisotopic (exact) mass is 373 g/mol. The molecule has 0 aliphatic heterocycles. The van der Waals surface area contributed by atoms with E-state index in [0.29, 0.717) is 28.2 Å². The van der Waals surface area contributed by atoms with Crippen LogP contribution in [0.15, 0.2) is 59.9 Å². The van der Waals surface area contributed by atoms with Crippen LogP contribution in [0.25, 0.3) is 22.4 Å². The molecule has 0 spiro atoms. The number of pyridine rings is 2. The van der Waals surface area contributed by atoms with E-state index in [2.05, 4.69) is 30.2 Å². The summed E-state index contributed by atoms with van der Waals surface area (Å²) in [6, 6.07) is 9.95. The molecule has 0 atom stereocenters. The van der Waals surface area contributed by atoms with E-state index in [-0.39, 0.29) is 23.7 Å². The fourth-order valence-electron chi connectivity index (χ4n) is 2.65. The number of aromatic nitrogens is 6. The van der Waals surface area contributed by atoms with Gasteiger partial charge in [0.05, 0.1) is 29.0 Å². The third kappa shape index (κ3) is 3.45. The van der Waals surface area contributed by atoms with Crippen molar-refractivity contribution >= 4 is 16.9 Å². The summed E-state index contributed by atoms with van der Waals surface area (Å²) in [6.07, 6.45) is 4.62. The Kier molecular flexibility index (Phi) is 4.55. The predicted octanol–water partition coefficient (Wildman–Crippen LogP) is 1.11. The lowest BCUT2D eigenvalue weighted by Gasteiger charge is -2.10. The summed E-state index contributed by atoms with van der Waals surface area (Å²) in [5, 5.41) is 2.75. The molecule has 138 valence electrons. The topological polar surface area (TPSA) is 116 Å². The Morgan fingerprint density at radius 1 is 1.04 bits per heavy atom. The van der Waals surface area contributed by atoms with E-state index in [0.717, 1.165) is 0 Å². The van der Waals surface area contributed by atoms with Crippen LogP contribution < -0.4 is 10.9 Å². The number of amides is 1. The largest absolute Gasteiger partial charge is 0.343 e. The molecule has 0 aliphatic carbocycles. The molecule has 0 saturated carbocycles.